The van der Waals surface area contributed by atoms with Crippen LogP contribution in [0.15, 0.2) is 59.4 Å². The van der Waals surface area contributed by atoms with Crippen molar-refractivity contribution in [2.24, 2.45) is 0 Å². The molecule has 0 fully saturated rings. The van der Waals surface area contributed by atoms with Gasteiger partial charge in [-0.25, -0.2) is 4.79 Å². The molecule has 1 N–H and O–H groups in total. The fraction of sp³-hybridized carbons (Fsp3) is 0.200. The van der Waals surface area contributed by atoms with E-state index in [1.807, 2.05) is 42.5 Å². The zero-order valence-electron chi connectivity index (χ0n) is 14.4. The van der Waals surface area contributed by atoms with Crippen molar-refractivity contribution in [3.05, 3.63) is 70.7 Å². The third kappa shape index (κ3) is 2.79. The molecule has 1 amide bonds. The number of nitrogens with zero attached hydrogens (tertiary/aromatic N) is 2. The van der Waals surface area contributed by atoms with Crippen LogP contribution >= 0.6 is 0 Å². The van der Waals surface area contributed by atoms with Gasteiger partial charge in [0.1, 0.15) is 5.75 Å². The number of aromatic amines is 1. The molecule has 1 aromatic heterocycles. The van der Waals surface area contributed by atoms with Gasteiger partial charge in [0.25, 0.3) is 5.91 Å². The van der Waals surface area contributed by atoms with E-state index in [-0.39, 0.29) is 11.6 Å². The van der Waals surface area contributed by atoms with Crippen LogP contribution in [0.25, 0.3) is 16.7 Å². The molecule has 0 saturated carbocycles. The predicted molar refractivity (Wildman–Crippen MR) is 100 cm³/mol. The van der Waals surface area contributed by atoms with E-state index in [1.54, 1.807) is 28.7 Å². The van der Waals surface area contributed by atoms with Crippen LogP contribution < -0.4 is 10.4 Å². The van der Waals surface area contributed by atoms with Gasteiger partial charge in [-0.3, -0.25) is 9.36 Å². The van der Waals surface area contributed by atoms with E-state index in [2.05, 4.69) is 4.98 Å². The van der Waals surface area contributed by atoms with E-state index in [4.69, 9.17) is 4.74 Å². The lowest BCUT2D eigenvalue weighted by Gasteiger charge is -2.27. The fourth-order valence-electron chi connectivity index (χ4n) is 3.32. The van der Waals surface area contributed by atoms with Crippen molar-refractivity contribution in [1.29, 1.82) is 0 Å². The molecular formula is C20H19N3O3. The van der Waals surface area contributed by atoms with Gasteiger partial charge < -0.3 is 14.6 Å². The molecule has 1 aliphatic heterocycles. The summed E-state index contributed by atoms with van der Waals surface area (Å²) in [5.74, 6) is 0.625. The number of imidazole rings is 1. The minimum absolute atomic E-state index is 0.0366. The average molecular weight is 349 g/mol. The summed E-state index contributed by atoms with van der Waals surface area (Å²) in [7, 11) is 1.58. The Morgan fingerprint density at radius 3 is 2.77 bits per heavy atom. The molecule has 0 atom stereocenters. The number of hydrogen-bond donors (Lipinski definition) is 1. The van der Waals surface area contributed by atoms with Crippen LogP contribution in [-0.2, 0) is 0 Å². The Hall–Kier alpha value is -3.28. The van der Waals surface area contributed by atoms with E-state index in [1.165, 1.54) is 0 Å². The maximum Gasteiger partial charge on any atom is 0.330 e. The van der Waals surface area contributed by atoms with E-state index < -0.39 is 0 Å². The molecule has 6 nitrogen and oxygen atoms in total. The first kappa shape index (κ1) is 16.2. The molecule has 0 spiro atoms. The number of amides is 1. The summed E-state index contributed by atoms with van der Waals surface area (Å²) in [5, 5.41) is 0. The molecule has 0 radical (unpaired) electrons. The first-order valence-electron chi connectivity index (χ1n) is 8.50. The standard InChI is InChI=1S/C20H19N3O3/c1-26-16-6-4-5-14(13-16)19(24)22-11-9-15(10-12-22)23-18-8-3-2-7-17(18)21-20(23)25/h2-9,13H,10-12H2,1H3,(H,21,25). The van der Waals surface area contributed by atoms with Crippen molar-refractivity contribution in [3.8, 4) is 5.75 Å². The summed E-state index contributed by atoms with van der Waals surface area (Å²) < 4.78 is 6.89. The number of rotatable bonds is 3. The number of methoxy groups -OCH3 is 1. The first-order chi connectivity index (χ1) is 12.7. The van der Waals surface area contributed by atoms with Crippen molar-refractivity contribution >= 4 is 22.6 Å². The third-order valence-corrected chi connectivity index (χ3v) is 4.67. The van der Waals surface area contributed by atoms with Crippen LogP contribution in [-0.4, -0.2) is 40.6 Å². The summed E-state index contributed by atoms with van der Waals surface area (Å²) in [6, 6.07) is 14.8. The van der Waals surface area contributed by atoms with Gasteiger partial charge in [-0.15, -0.1) is 0 Å². The fourth-order valence-corrected chi connectivity index (χ4v) is 3.32. The Labute approximate surface area is 150 Å². The second kappa shape index (κ2) is 6.55. The number of ether oxygens (including phenoxy) is 1. The summed E-state index contributed by atoms with van der Waals surface area (Å²) in [6.45, 7) is 1.03. The SMILES string of the molecule is COc1cccc(C(=O)N2CC=C(n3c(=O)[nH]c4ccccc43)CC2)c1. The number of fused-ring (bicyclic) bond motifs is 1. The molecule has 0 unspecified atom stereocenters. The van der Waals surface area contributed by atoms with Crippen LogP contribution in [0.4, 0.5) is 0 Å². The van der Waals surface area contributed by atoms with Gasteiger partial charge in [-0.2, -0.15) is 0 Å². The van der Waals surface area contributed by atoms with Gasteiger partial charge in [0.2, 0.25) is 0 Å². The van der Waals surface area contributed by atoms with E-state index in [0.29, 0.717) is 30.8 Å². The minimum atomic E-state index is -0.148. The quantitative estimate of drug-likeness (QED) is 0.791. The molecule has 0 bridgehead atoms. The number of aromatic nitrogens is 2. The van der Waals surface area contributed by atoms with Crippen LogP contribution in [0.3, 0.4) is 0 Å². The smallest absolute Gasteiger partial charge is 0.330 e. The number of carbonyl (C=O) groups excluding carboxylic acids is 1. The first-order valence-corrected chi connectivity index (χ1v) is 8.50. The molecule has 132 valence electrons. The number of nitrogens with one attached hydrogen (secondary N) is 1. The van der Waals surface area contributed by atoms with Crippen molar-refractivity contribution in [2.75, 3.05) is 20.2 Å². The Morgan fingerprint density at radius 2 is 2.00 bits per heavy atom. The normalized spacial score (nSPS) is 14.3. The van der Waals surface area contributed by atoms with Crippen LogP contribution in [0.1, 0.15) is 16.8 Å². The number of benzene rings is 2. The summed E-state index contributed by atoms with van der Waals surface area (Å²) in [5.41, 5.74) is 3.04. The summed E-state index contributed by atoms with van der Waals surface area (Å²) in [6.07, 6.45) is 2.57. The van der Waals surface area contributed by atoms with Gasteiger partial charge in [0.15, 0.2) is 0 Å². The van der Waals surface area contributed by atoms with Crippen LogP contribution in [0, 0.1) is 0 Å². The van der Waals surface area contributed by atoms with Crippen LogP contribution in [0.2, 0.25) is 0 Å². The van der Waals surface area contributed by atoms with Crippen molar-refractivity contribution in [2.45, 2.75) is 6.42 Å². The minimum Gasteiger partial charge on any atom is -0.497 e. The third-order valence-electron chi connectivity index (χ3n) is 4.67. The molecule has 1 aliphatic rings. The van der Waals surface area contributed by atoms with Gasteiger partial charge in [-0.05, 0) is 36.4 Å². The van der Waals surface area contributed by atoms with Crippen LogP contribution in [0.5, 0.6) is 5.75 Å². The lowest BCUT2D eigenvalue weighted by molar-refractivity contribution is 0.0771. The van der Waals surface area contributed by atoms with E-state index >= 15 is 0 Å². The van der Waals surface area contributed by atoms with Gasteiger partial charge >= 0.3 is 5.69 Å². The monoisotopic (exact) mass is 349 g/mol. The molecule has 6 heteroatoms. The second-order valence-electron chi connectivity index (χ2n) is 6.21. The Balaban J connectivity index is 1.59. The molecule has 0 saturated heterocycles. The topological polar surface area (TPSA) is 67.3 Å². The van der Waals surface area contributed by atoms with Gasteiger partial charge in [0.05, 0.1) is 18.1 Å². The van der Waals surface area contributed by atoms with Gasteiger partial charge in [-0.1, -0.05) is 18.2 Å². The van der Waals surface area contributed by atoms with Gasteiger partial charge in [0, 0.05) is 30.8 Å². The molecule has 26 heavy (non-hydrogen) atoms. The molecule has 3 aromatic rings. The highest BCUT2D eigenvalue weighted by atomic mass is 16.5. The number of para-hydroxylation sites is 2. The second-order valence-corrected chi connectivity index (χ2v) is 6.21. The Morgan fingerprint density at radius 1 is 1.15 bits per heavy atom. The zero-order valence-corrected chi connectivity index (χ0v) is 14.4. The number of carbonyl (C=O) groups is 1. The summed E-state index contributed by atoms with van der Waals surface area (Å²) in [4.78, 5) is 29.7. The molecule has 4 rings (SSSR count). The van der Waals surface area contributed by atoms with Crippen molar-refractivity contribution < 1.29 is 9.53 Å². The largest absolute Gasteiger partial charge is 0.497 e. The molecule has 0 aliphatic carbocycles. The zero-order chi connectivity index (χ0) is 18.1. The highest BCUT2D eigenvalue weighted by Gasteiger charge is 2.21. The van der Waals surface area contributed by atoms with E-state index in [0.717, 1.165) is 16.7 Å². The Bertz CT molecular complexity index is 1060. The average Bonchev–Trinajstić information content (AvgIpc) is 3.03. The molecular weight excluding hydrogens is 330 g/mol. The lowest BCUT2D eigenvalue weighted by atomic mass is 10.1. The highest BCUT2D eigenvalue weighted by Crippen LogP contribution is 2.22. The lowest BCUT2D eigenvalue weighted by Crippen LogP contribution is -2.36. The number of hydrogen-bond acceptors (Lipinski definition) is 3. The predicted octanol–water partition coefficient (Wildman–Crippen LogP) is 2.73. The van der Waals surface area contributed by atoms with Crippen molar-refractivity contribution in [3.63, 3.8) is 0 Å². The highest BCUT2D eigenvalue weighted by molar-refractivity contribution is 5.95. The summed E-state index contributed by atoms with van der Waals surface area (Å²) >= 11 is 0. The maximum atomic E-state index is 12.7. The maximum absolute atomic E-state index is 12.7. The van der Waals surface area contributed by atoms with Crippen molar-refractivity contribution in [1.82, 2.24) is 14.5 Å². The van der Waals surface area contributed by atoms with E-state index in [9.17, 15) is 9.59 Å². The molecule has 2 aromatic carbocycles. The number of H-pyrrole nitrogens is 1. The molecule has 2 heterocycles. The Kier molecular flexibility index (Phi) is 4.08.